The van der Waals surface area contributed by atoms with Crippen LogP contribution in [0, 0.1) is 0 Å². The molecule has 0 spiro atoms. The first-order valence-corrected chi connectivity index (χ1v) is 11.6. The largest absolute Gasteiger partial charge is 0.497 e. The first kappa shape index (κ1) is 21.8. The number of piperidine rings is 1. The number of aromatic nitrogens is 2. The van der Waals surface area contributed by atoms with Crippen molar-refractivity contribution in [3.8, 4) is 5.75 Å². The van der Waals surface area contributed by atoms with Gasteiger partial charge in [0.05, 0.1) is 24.2 Å². The first-order valence-electron chi connectivity index (χ1n) is 11.6. The molecule has 0 saturated carbocycles. The molecule has 1 atom stereocenters. The highest BCUT2D eigenvalue weighted by atomic mass is 16.5. The highest BCUT2D eigenvalue weighted by Crippen LogP contribution is 2.27. The normalized spacial score (nSPS) is 16.3. The van der Waals surface area contributed by atoms with Crippen LogP contribution in [-0.2, 0) is 6.54 Å². The van der Waals surface area contributed by atoms with Gasteiger partial charge in [0.25, 0.3) is 0 Å². The van der Waals surface area contributed by atoms with Gasteiger partial charge in [-0.05, 0) is 73.5 Å². The summed E-state index contributed by atoms with van der Waals surface area (Å²) in [5.74, 6) is 0.775. The highest BCUT2D eigenvalue weighted by molar-refractivity contribution is 5.84. The van der Waals surface area contributed by atoms with Crippen LogP contribution in [-0.4, -0.2) is 52.8 Å². The molecule has 0 aliphatic carbocycles. The second-order valence-corrected chi connectivity index (χ2v) is 8.79. The monoisotopic (exact) mass is 442 g/mol. The number of aliphatic hydroxyl groups is 1. The molecular formula is C27H30N4O2. The third-order valence-corrected chi connectivity index (χ3v) is 6.60. The van der Waals surface area contributed by atoms with Crippen molar-refractivity contribution in [2.75, 3.05) is 26.7 Å². The molecule has 1 aliphatic rings. The number of benzene rings is 2. The van der Waals surface area contributed by atoms with Gasteiger partial charge in [-0.15, -0.1) is 0 Å². The number of β-amino-alcohol motifs (C(OH)–C–C–N with tert-alkyl or cyclic N) is 1. The Bertz CT molecular complexity index is 1240. The Morgan fingerprint density at radius 1 is 1.06 bits per heavy atom. The van der Waals surface area contributed by atoms with Gasteiger partial charge in [-0.3, -0.25) is 9.97 Å². The molecule has 33 heavy (non-hydrogen) atoms. The number of pyridine rings is 2. The maximum atomic E-state index is 11.0. The average molecular weight is 443 g/mol. The Labute approximate surface area is 194 Å². The van der Waals surface area contributed by atoms with Gasteiger partial charge in [-0.2, -0.15) is 0 Å². The zero-order valence-electron chi connectivity index (χ0n) is 18.9. The van der Waals surface area contributed by atoms with E-state index in [4.69, 9.17) is 4.74 Å². The second-order valence-electron chi connectivity index (χ2n) is 8.79. The Morgan fingerprint density at radius 2 is 1.91 bits per heavy atom. The lowest BCUT2D eigenvalue weighted by Crippen LogP contribution is -2.43. The van der Waals surface area contributed by atoms with E-state index in [1.807, 2.05) is 42.6 Å². The molecule has 2 aromatic carbocycles. The van der Waals surface area contributed by atoms with Gasteiger partial charge in [-0.1, -0.05) is 18.2 Å². The predicted molar refractivity (Wildman–Crippen MR) is 131 cm³/mol. The number of hydrogen-bond acceptors (Lipinski definition) is 6. The quantitative estimate of drug-likeness (QED) is 0.450. The fourth-order valence-corrected chi connectivity index (χ4v) is 4.70. The Kier molecular flexibility index (Phi) is 6.48. The molecule has 2 N–H and O–H groups in total. The number of aliphatic hydroxyl groups excluding tert-OH is 1. The van der Waals surface area contributed by atoms with Crippen LogP contribution in [0.4, 0.5) is 0 Å². The van der Waals surface area contributed by atoms with Crippen LogP contribution in [0.5, 0.6) is 5.75 Å². The van der Waals surface area contributed by atoms with Crippen molar-refractivity contribution in [3.05, 3.63) is 78.1 Å². The summed E-state index contributed by atoms with van der Waals surface area (Å²) in [5.41, 5.74) is 4.03. The van der Waals surface area contributed by atoms with Crippen LogP contribution < -0.4 is 10.1 Å². The topological polar surface area (TPSA) is 70.5 Å². The molecule has 0 amide bonds. The number of ether oxygens (including phenoxy) is 1. The molecule has 0 radical (unpaired) electrons. The SMILES string of the molecule is COc1ccc2nccc(C(O)CN3CCC(NCc4cnc5ccccc5c4)CC3)c2c1. The predicted octanol–water partition coefficient (Wildman–Crippen LogP) is 4.08. The molecule has 1 aliphatic heterocycles. The van der Waals surface area contributed by atoms with Crippen LogP contribution in [0.1, 0.15) is 30.1 Å². The smallest absolute Gasteiger partial charge is 0.119 e. The van der Waals surface area contributed by atoms with E-state index in [1.165, 1.54) is 10.9 Å². The maximum Gasteiger partial charge on any atom is 0.119 e. The summed E-state index contributed by atoms with van der Waals surface area (Å²) in [6.07, 6.45) is 5.31. The summed E-state index contributed by atoms with van der Waals surface area (Å²) >= 11 is 0. The Hall–Kier alpha value is -3.06. The van der Waals surface area contributed by atoms with Crippen molar-refractivity contribution in [2.24, 2.45) is 0 Å². The van der Waals surface area contributed by atoms with E-state index in [9.17, 15) is 5.11 Å². The summed E-state index contributed by atoms with van der Waals surface area (Å²) in [6, 6.07) is 18.6. The molecule has 6 nitrogen and oxygen atoms in total. The number of fused-ring (bicyclic) bond motifs is 2. The van der Waals surface area contributed by atoms with Crippen LogP contribution >= 0.6 is 0 Å². The molecule has 5 rings (SSSR count). The first-order chi connectivity index (χ1) is 16.2. The second kappa shape index (κ2) is 9.83. The number of rotatable bonds is 7. The van der Waals surface area contributed by atoms with Crippen molar-refractivity contribution in [1.29, 1.82) is 0 Å². The number of hydrogen-bond donors (Lipinski definition) is 2. The zero-order valence-corrected chi connectivity index (χ0v) is 18.9. The summed E-state index contributed by atoms with van der Waals surface area (Å²) in [4.78, 5) is 11.3. The number of para-hydroxylation sites is 1. The lowest BCUT2D eigenvalue weighted by molar-refractivity contribution is 0.0949. The van der Waals surface area contributed by atoms with Crippen molar-refractivity contribution in [3.63, 3.8) is 0 Å². The fourth-order valence-electron chi connectivity index (χ4n) is 4.70. The van der Waals surface area contributed by atoms with Crippen LogP contribution in [0.15, 0.2) is 67.0 Å². The number of nitrogens with one attached hydrogen (secondary N) is 1. The molecule has 1 unspecified atom stereocenters. The van der Waals surface area contributed by atoms with Crippen molar-refractivity contribution < 1.29 is 9.84 Å². The fraction of sp³-hybridized carbons (Fsp3) is 0.333. The van der Waals surface area contributed by atoms with E-state index in [1.54, 1.807) is 13.3 Å². The van der Waals surface area contributed by atoms with E-state index in [0.29, 0.717) is 12.6 Å². The minimum atomic E-state index is -0.559. The van der Waals surface area contributed by atoms with Crippen LogP contribution in [0.25, 0.3) is 21.8 Å². The third-order valence-electron chi connectivity index (χ3n) is 6.60. The summed E-state index contributed by atoms with van der Waals surface area (Å²) in [5, 5.41) is 16.8. The minimum absolute atomic E-state index is 0.482. The molecule has 1 fully saturated rings. The zero-order chi connectivity index (χ0) is 22.6. The summed E-state index contributed by atoms with van der Waals surface area (Å²) in [7, 11) is 1.66. The van der Waals surface area contributed by atoms with E-state index in [2.05, 4.69) is 38.4 Å². The molecule has 3 heterocycles. The average Bonchev–Trinajstić information content (AvgIpc) is 2.87. The van der Waals surface area contributed by atoms with Crippen molar-refractivity contribution in [2.45, 2.75) is 31.5 Å². The number of likely N-dealkylation sites (tertiary alicyclic amines) is 1. The van der Waals surface area contributed by atoms with Gasteiger partial charge < -0.3 is 20.1 Å². The van der Waals surface area contributed by atoms with Gasteiger partial charge in [0, 0.05) is 42.3 Å². The standard InChI is InChI=1S/C27H30N4O2/c1-33-22-6-7-26-24(15-22)23(8-11-28-26)27(32)18-31-12-9-21(10-13-31)29-16-19-14-20-4-2-3-5-25(20)30-17-19/h2-8,11,14-15,17,21,27,29,32H,9-10,12-13,16,18H2,1H3. The van der Waals surface area contributed by atoms with Crippen LogP contribution in [0.3, 0.4) is 0 Å². The number of methoxy groups -OCH3 is 1. The van der Waals surface area contributed by atoms with Crippen molar-refractivity contribution in [1.82, 2.24) is 20.2 Å². The molecule has 1 saturated heterocycles. The molecular weight excluding hydrogens is 412 g/mol. The van der Waals surface area contributed by atoms with E-state index in [0.717, 1.165) is 60.2 Å². The third kappa shape index (κ3) is 4.98. The van der Waals surface area contributed by atoms with Gasteiger partial charge in [0.1, 0.15) is 5.75 Å². The minimum Gasteiger partial charge on any atom is -0.497 e. The van der Waals surface area contributed by atoms with Gasteiger partial charge in [-0.25, -0.2) is 0 Å². The molecule has 4 aromatic rings. The highest BCUT2D eigenvalue weighted by Gasteiger charge is 2.22. The lowest BCUT2D eigenvalue weighted by Gasteiger charge is -2.33. The lowest BCUT2D eigenvalue weighted by atomic mass is 10.0. The molecule has 6 heteroatoms. The van der Waals surface area contributed by atoms with E-state index in [-0.39, 0.29) is 0 Å². The maximum absolute atomic E-state index is 11.0. The molecule has 0 bridgehead atoms. The van der Waals surface area contributed by atoms with Crippen molar-refractivity contribution >= 4 is 21.8 Å². The number of nitrogens with zero attached hydrogens (tertiary/aromatic N) is 3. The Balaban J connectivity index is 1.15. The van der Waals surface area contributed by atoms with Gasteiger partial charge in [0.2, 0.25) is 0 Å². The van der Waals surface area contributed by atoms with E-state index >= 15 is 0 Å². The molecule has 170 valence electrons. The van der Waals surface area contributed by atoms with Gasteiger partial charge in [0.15, 0.2) is 0 Å². The summed E-state index contributed by atoms with van der Waals surface area (Å²) in [6.45, 7) is 3.39. The Morgan fingerprint density at radius 3 is 2.76 bits per heavy atom. The van der Waals surface area contributed by atoms with E-state index < -0.39 is 6.10 Å². The van der Waals surface area contributed by atoms with Crippen LogP contribution in [0.2, 0.25) is 0 Å². The van der Waals surface area contributed by atoms with Gasteiger partial charge >= 0.3 is 0 Å². The molecule has 2 aromatic heterocycles. The summed E-state index contributed by atoms with van der Waals surface area (Å²) < 4.78 is 5.36.